The SMILES string of the molecule is O=C(NCCc1nc(-c2ccccc2)cs1)N1CCCCC1. The van der Waals surface area contributed by atoms with E-state index in [-0.39, 0.29) is 6.03 Å². The number of carbonyl (C=O) groups excluding carboxylic acids is 1. The second kappa shape index (κ2) is 7.40. The van der Waals surface area contributed by atoms with Crippen molar-refractivity contribution in [3.63, 3.8) is 0 Å². The predicted octanol–water partition coefficient (Wildman–Crippen LogP) is 3.55. The lowest BCUT2D eigenvalue weighted by molar-refractivity contribution is 0.186. The minimum atomic E-state index is 0.0690. The summed E-state index contributed by atoms with van der Waals surface area (Å²) in [7, 11) is 0. The van der Waals surface area contributed by atoms with Crippen LogP contribution in [0.25, 0.3) is 11.3 Å². The number of thiazole rings is 1. The number of benzene rings is 1. The highest BCUT2D eigenvalue weighted by atomic mass is 32.1. The van der Waals surface area contributed by atoms with Gasteiger partial charge in [0.05, 0.1) is 10.7 Å². The van der Waals surface area contributed by atoms with Crippen LogP contribution in [-0.4, -0.2) is 35.5 Å². The normalized spacial score (nSPS) is 14.8. The van der Waals surface area contributed by atoms with Gasteiger partial charge in [0, 0.05) is 37.0 Å². The second-order valence-electron chi connectivity index (χ2n) is 5.52. The van der Waals surface area contributed by atoms with Crippen molar-refractivity contribution < 1.29 is 4.79 Å². The highest BCUT2D eigenvalue weighted by Crippen LogP contribution is 2.21. The molecule has 0 atom stereocenters. The van der Waals surface area contributed by atoms with Gasteiger partial charge in [-0.05, 0) is 19.3 Å². The summed E-state index contributed by atoms with van der Waals surface area (Å²) >= 11 is 1.66. The van der Waals surface area contributed by atoms with Crippen molar-refractivity contribution in [2.45, 2.75) is 25.7 Å². The minimum absolute atomic E-state index is 0.0690. The van der Waals surface area contributed by atoms with Crippen LogP contribution >= 0.6 is 11.3 Å². The maximum absolute atomic E-state index is 12.0. The van der Waals surface area contributed by atoms with Gasteiger partial charge in [0.15, 0.2) is 0 Å². The lowest BCUT2D eigenvalue weighted by Crippen LogP contribution is -2.43. The number of likely N-dealkylation sites (tertiary alicyclic amines) is 1. The number of hydrogen-bond donors (Lipinski definition) is 1. The van der Waals surface area contributed by atoms with E-state index in [1.54, 1.807) is 11.3 Å². The molecule has 0 radical (unpaired) electrons. The largest absolute Gasteiger partial charge is 0.338 e. The Morgan fingerprint density at radius 2 is 1.95 bits per heavy atom. The molecule has 2 heterocycles. The molecule has 116 valence electrons. The van der Waals surface area contributed by atoms with Crippen molar-refractivity contribution in [1.29, 1.82) is 0 Å². The van der Waals surface area contributed by atoms with Gasteiger partial charge in [-0.2, -0.15) is 0 Å². The molecule has 4 nitrogen and oxygen atoms in total. The number of hydrogen-bond acceptors (Lipinski definition) is 3. The molecule has 1 aromatic carbocycles. The first-order valence-electron chi connectivity index (χ1n) is 7.85. The lowest BCUT2D eigenvalue weighted by Gasteiger charge is -2.26. The molecule has 3 rings (SSSR count). The van der Waals surface area contributed by atoms with E-state index in [1.165, 1.54) is 6.42 Å². The summed E-state index contributed by atoms with van der Waals surface area (Å²) in [4.78, 5) is 18.6. The van der Waals surface area contributed by atoms with E-state index >= 15 is 0 Å². The zero-order valence-corrected chi connectivity index (χ0v) is 13.4. The summed E-state index contributed by atoms with van der Waals surface area (Å²) in [5, 5.41) is 6.15. The fraction of sp³-hybridized carbons (Fsp3) is 0.412. The van der Waals surface area contributed by atoms with Crippen molar-refractivity contribution in [3.05, 3.63) is 40.7 Å². The van der Waals surface area contributed by atoms with Crippen LogP contribution in [0.2, 0.25) is 0 Å². The zero-order chi connectivity index (χ0) is 15.2. The number of amides is 2. The van der Waals surface area contributed by atoms with E-state index in [2.05, 4.69) is 27.8 Å². The average molecular weight is 315 g/mol. The molecule has 1 aliphatic rings. The van der Waals surface area contributed by atoms with Gasteiger partial charge in [-0.3, -0.25) is 0 Å². The van der Waals surface area contributed by atoms with Crippen LogP contribution in [0.4, 0.5) is 4.79 Å². The number of piperidine rings is 1. The molecule has 1 saturated heterocycles. The fourth-order valence-corrected chi connectivity index (χ4v) is 3.46. The highest BCUT2D eigenvalue weighted by molar-refractivity contribution is 7.09. The molecule has 0 bridgehead atoms. The monoisotopic (exact) mass is 315 g/mol. The fourth-order valence-electron chi connectivity index (χ4n) is 2.65. The summed E-state index contributed by atoms with van der Waals surface area (Å²) in [6, 6.07) is 10.3. The molecule has 1 N–H and O–H groups in total. The van der Waals surface area contributed by atoms with E-state index in [0.717, 1.165) is 48.6 Å². The third kappa shape index (κ3) is 3.85. The zero-order valence-electron chi connectivity index (χ0n) is 12.6. The number of urea groups is 1. The Hall–Kier alpha value is -1.88. The molecule has 2 amide bonds. The molecule has 0 aliphatic carbocycles. The van der Waals surface area contributed by atoms with Gasteiger partial charge in [-0.25, -0.2) is 9.78 Å². The number of nitrogens with zero attached hydrogens (tertiary/aromatic N) is 2. The molecule has 0 spiro atoms. The van der Waals surface area contributed by atoms with E-state index in [4.69, 9.17) is 0 Å². The number of rotatable bonds is 4. The van der Waals surface area contributed by atoms with Gasteiger partial charge in [0.2, 0.25) is 0 Å². The Labute approximate surface area is 135 Å². The minimum Gasteiger partial charge on any atom is -0.338 e. The van der Waals surface area contributed by atoms with Gasteiger partial charge >= 0.3 is 6.03 Å². The topological polar surface area (TPSA) is 45.2 Å². The molecular formula is C17H21N3OS. The summed E-state index contributed by atoms with van der Waals surface area (Å²) < 4.78 is 0. The molecule has 0 saturated carbocycles. The van der Waals surface area contributed by atoms with E-state index in [1.807, 2.05) is 23.1 Å². The van der Waals surface area contributed by atoms with Crippen molar-refractivity contribution in [2.75, 3.05) is 19.6 Å². The molecular weight excluding hydrogens is 294 g/mol. The van der Waals surface area contributed by atoms with E-state index in [0.29, 0.717) is 6.54 Å². The van der Waals surface area contributed by atoms with Crippen molar-refractivity contribution in [1.82, 2.24) is 15.2 Å². The van der Waals surface area contributed by atoms with Crippen LogP contribution in [0.15, 0.2) is 35.7 Å². The van der Waals surface area contributed by atoms with E-state index in [9.17, 15) is 4.79 Å². The Bertz CT molecular complexity index is 605. The third-order valence-electron chi connectivity index (χ3n) is 3.88. The molecule has 1 aromatic heterocycles. The summed E-state index contributed by atoms with van der Waals surface area (Å²) in [6.07, 6.45) is 4.28. The molecule has 0 unspecified atom stereocenters. The number of nitrogens with one attached hydrogen (secondary N) is 1. The predicted molar refractivity (Wildman–Crippen MR) is 90.1 cm³/mol. The first-order valence-corrected chi connectivity index (χ1v) is 8.73. The maximum atomic E-state index is 12.0. The Balaban J connectivity index is 1.48. The second-order valence-corrected chi connectivity index (χ2v) is 6.46. The van der Waals surface area contributed by atoms with Gasteiger partial charge in [0.25, 0.3) is 0 Å². The Morgan fingerprint density at radius 1 is 1.18 bits per heavy atom. The molecule has 2 aromatic rings. The molecule has 22 heavy (non-hydrogen) atoms. The van der Waals surface area contributed by atoms with Crippen LogP contribution in [0.1, 0.15) is 24.3 Å². The van der Waals surface area contributed by atoms with Gasteiger partial charge in [-0.1, -0.05) is 30.3 Å². The Morgan fingerprint density at radius 3 is 2.73 bits per heavy atom. The van der Waals surface area contributed by atoms with Crippen molar-refractivity contribution in [3.8, 4) is 11.3 Å². The van der Waals surface area contributed by atoms with Crippen molar-refractivity contribution >= 4 is 17.4 Å². The van der Waals surface area contributed by atoms with Gasteiger partial charge in [0.1, 0.15) is 0 Å². The number of carbonyl (C=O) groups is 1. The quantitative estimate of drug-likeness (QED) is 0.938. The standard InChI is InChI=1S/C17H21N3OS/c21-17(20-11-5-2-6-12-20)18-10-9-16-19-15(13-22-16)14-7-3-1-4-8-14/h1,3-4,7-8,13H,2,5-6,9-12H2,(H,18,21). The molecule has 5 heteroatoms. The Kier molecular flexibility index (Phi) is 5.06. The lowest BCUT2D eigenvalue weighted by atomic mass is 10.1. The summed E-state index contributed by atoms with van der Waals surface area (Å²) in [5.74, 6) is 0. The van der Waals surface area contributed by atoms with Crippen LogP contribution < -0.4 is 5.32 Å². The number of aromatic nitrogens is 1. The van der Waals surface area contributed by atoms with Crippen molar-refractivity contribution in [2.24, 2.45) is 0 Å². The van der Waals surface area contributed by atoms with Gasteiger partial charge < -0.3 is 10.2 Å². The van der Waals surface area contributed by atoms with Crippen LogP contribution in [0.3, 0.4) is 0 Å². The van der Waals surface area contributed by atoms with Crippen LogP contribution in [0, 0.1) is 0 Å². The summed E-state index contributed by atoms with van der Waals surface area (Å²) in [6.45, 7) is 2.43. The smallest absolute Gasteiger partial charge is 0.317 e. The average Bonchev–Trinajstić information content (AvgIpc) is 3.05. The maximum Gasteiger partial charge on any atom is 0.317 e. The third-order valence-corrected chi connectivity index (χ3v) is 4.79. The van der Waals surface area contributed by atoms with Crippen LogP contribution in [0.5, 0.6) is 0 Å². The first kappa shape index (κ1) is 15.0. The van der Waals surface area contributed by atoms with Gasteiger partial charge in [-0.15, -0.1) is 11.3 Å². The molecule has 1 fully saturated rings. The molecule has 1 aliphatic heterocycles. The van der Waals surface area contributed by atoms with E-state index < -0.39 is 0 Å². The van der Waals surface area contributed by atoms with Crippen LogP contribution in [-0.2, 0) is 6.42 Å². The highest BCUT2D eigenvalue weighted by Gasteiger charge is 2.15. The first-order chi connectivity index (χ1) is 10.8. The summed E-state index contributed by atoms with van der Waals surface area (Å²) in [5.41, 5.74) is 2.16.